The third-order valence-corrected chi connectivity index (χ3v) is 2.83. The van der Waals surface area contributed by atoms with E-state index in [4.69, 9.17) is 4.74 Å². The molecule has 0 saturated carbocycles. The molecule has 0 saturated heterocycles. The Labute approximate surface area is 121 Å². The summed E-state index contributed by atoms with van der Waals surface area (Å²) in [4.78, 5) is 14.4. The van der Waals surface area contributed by atoms with Gasteiger partial charge in [0, 0.05) is 12.1 Å². The molecule has 1 aromatic rings. The topological polar surface area (TPSA) is 59.4 Å². The van der Waals surface area contributed by atoms with Crippen LogP contribution >= 0.6 is 0 Å². The van der Waals surface area contributed by atoms with Crippen molar-refractivity contribution in [3.63, 3.8) is 0 Å². The Balaban J connectivity index is 2.84. The Hall–Kier alpha value is -1.40. The first kappa shape index (κ1) is 16.7. The van der Waals surface area contributed by atoms with E-state index in [0.717, 1.165) is 6.54 Å². The fraction of sp³-hybridized carbons (Fsp3) is 0.714. The maximum absolute atomic E-state index is 12.4. The van der Waals surface area contributed by atoms with Crippen LogP contribution in [0, 0.1) is 0 Å². The third-order valence-electron chi connectivity index (χ3n) is 2.83. The highest BCUT2D eigenvalue weighted by Crippen LogP contribution is 2.18. The van der Waals surface area contributed by atoms with E-state index in [1.807, 2.05) is 34.9 Å². The van der Waals surface area contributed by atoms with Gasteiger partial charge in [-0.3, -0.25) is 9.48 Å². The maximum atomic E-state index is 12.4. The molecule has 0 spiro atoms. The molecule has 1 rings (SSSR count). The lowest BCUT2D eigenvalue weighted by atomic mass is 10.1. The van der Waals surface area contributed by atoms with E-state index in [1.165, 1.54) is 0 Å². The zero-order valence-electron chi connectivity index (χ0n) is 13.4. The average Bonchev–Trinajstić information content (AvgIpc) is 2.75. The smallest absolute Gasteiger partial charge is 0.198 e. The van der Waals surface area contributed by atoms with Crippen molar-refractivity contribution in [3.8, 4) is 5.75 Å². The quantitative estimate of drug-likeness (QED) is 0.757. The van der Waals surface area contributed by atoms with Gasteiger partial charge in [0.05, 0.1) is 26.4 Å². The molecule has 0 aromatic carbocycles. The van der Waals surface area contributed by atoms with Crippen molar-refractivity contribution in [2.45, 2.75) is 32.9 Å². The summed E-state index contributed by atoms with van der Waals surface area (Å²) >= 11 is 0. The summed E-state index contributed by atoms with van der Waals surface area (Å²) in [7, 11) is 5.54. The monoisotopic (exact) mass is 282 g/mol. The van der Waals surface area contributed by atoms with Crippen LogP contribution in [0.5, 0.6) is 5.75 Å². The van der Waals surface area contributed by atoms with Crippen LogP contribution in [0.15, 0.2) is 6.20 Å². The molecule has 0 atom stereocenters. The summed E-state index contributed by atoms with van der Waals surface area (Å²) in [5.41, 5.74) is 0.434. The number of nitrogens with zero attached hydrogens (tertiary/aromatic N) is 3. The van der Waals surface area contributed by atoms with Crippen LogP contribution < -0.4 is 10.1 Å². The van der Waals surface area contributed by atoms with Crippen molar-refractivity contribution in [1.29, 1.82) is 0 Å². The fourth-order valence-corrected chi connectivity index (χ4v) is 1.69. The average molecular weight is 282 g/mol. The first-order valence-electron chi connectivity index (χ1n) is 6.77. The number of carbonyl (C=O) groups excluding carboxylic acids is 1. The molecule has 6 heteroatoms. The number of carbonyl (C=O) groups is 1. The van der Waals surface area contributed by atoms with Crippen LogP contribution in [0.2, 0.25) is 0 Å². The van der Waals surface area contributed by atoms with Crippen molar-refractivity contribution in [1.82, 2.24) is 20.0 Å². The molecule has 0 amide bonds. The van der Waals surface area contributed by atoms with Crippen molar-refractivity contribution in [3.05, 3.63) is 11.9 Å². The van der Waals surface area contributed by atoms with Crippen molar-refractivity contribution >= 4 is 5.78 Å². The molecule has 0 aliphatic rings. The summed E-state index contributed by atoms with van der Waals surface area (Å²) in [6.07, 6.45) is 1.60. The van der Waals surface area contributed by atoms with Gasteiger partial charge < -0.3 is 15.0 Å². The molecular weight excluding hydrogens is 256 g/mol. The van der Waals surface area contributed by atoms with Gasteiger partial charge in [0.15, 0.2) is 11.5 Å². The highest BCUT2D eigenvalue weighted by atomic mass is 16.5. The number of likely N-dealkylation sites (N-methyl/N-ethyl adjacent to an activating group) is 1. The zero-order valence-corrected chi connectivity index (χ0v) is 13.4. The first-order valence-corrected chi connectivity index (χ1v) is 6.77. The number of aromatic nitrogens is 2. The lowest BCUT2D eigenvalue weighted by Crippen LogP contribution is -2.40. The van der Waals surface area contributed by atoms with E-state index in [0.29, 0.717) is 18.0 Å². The van der Waals surface area contributed by atoms with Crippen LogP contribution in [0.4, 0.5) is 0 Å². The SMILES string of the molecule is COc1cnn(CCN(C)C)c1C(=O)CNC(C)(C)C. The van der Waals surface area contributed by atoms with Crippen LogP contribution in [-0.4, -0.2) is 60.3 Å². The fourth-order valence-electron chi connectivity index (χ4n) is 1.69. The van der Waals surface area contributed by atoms with E-state index in [-0.39, 0.29) is 17.9 Å². The normalized spacial score (nSPS) is 11.9. The molecule has 6 nitrogen and oxygen atoms in total. The van der Waals surface area contributed by atoms with Crippen LogP contribution in [-0.2, 0) is 6.54 Å². The van der Waals surface area contributed by atoms with Gasteiger partial charge in [-0.1, -0.05) is 0 Å². The van der Waals surface area contributed by atoms with E-state index >= 15 is 0 Å². The minimum atomic E-state index is -0.0998. The van der Waals surface area contributed by atoms with Crippen molar-refractivity contribution < 1.29 is 9.53 Å². The Bertz CT molecular complexity index is 447. The number of ketones is 1. The predicted octanol–water partition coefficient (Wildman–Crippen LogP) is 1.02. The van der Waals surface area contributed by atoms with Crippen LogP contribution in [0.3, 0.4) is 0 Å². The number of hydrogen-bond acceptors (Lipinski definition) is 5. The molecule has 0 aliphatic carbocycles. The van der Waals surface area contributed by atoms with Gasteiger partial charge >= 0.3 is 0 Å². The molecule has 0 fully saturated rings. The van der Waals surface area contributed by atoms with Crippen molar-refractivity contribution in [2.75, 3.05) is 34.3 Å². The number of Topliss-reactive ketones (excluding diaryl/α,β-unsaturated/α-hetero) is 1. The summed E-state index contributed by atoms with van der Waals surface area (Å²) in [6, 6.07) is 0. The second kappa shape index (κ2) is 6.85. The van der Waals surface area contributed by atoms with Gasteiger partial charge in [0.2, 0.25) is 0 Å². The van der Waals surface area contributed by atoms with E-state index in [9.17, 15) is 4.79 Å². The molecule has 1 heterocycles. The van der Waals surface area contributed by atoms with Crippen LogP contribution in [0.1, 0.15) is 31.3 Å². The van der Waals surface area contributed by atoms with E-state index in [1.54, 1.807) is 18.0 Å². The summed E-state index contributed by atoms with van der Waals surface area (Å²) in [5.74, 6) is 0.525. The number of rotatable bonds is 7. The second-order valence-electron chi connectivity index (χ2n) is 6.11. The van der Waals surface area contributed by atoms with Gasteiger partial charge in [0.1, 0.15) is 5.69 Å². The number of hydrogen-bond donors (Lipinski definition) is 1. The summed E-state index contributed by atoms with van der Waals surface area (Å²) in [5, 5.41) is 7.44. The number of methoxy groups -OCH3 is 1. The Morgan fingerprint density at radius 1 is 1.45 bits per heavy atom. The van der Waals surface area contributed by atoms with Gasteiger partial charge in [-0.05, 0) is 34.9 Å². The molecule has 1 aromatic heterocycles. The Kier molecular flexibility index (Phi) is 5.71. The van der Waals surface area contributed by atoms with Crippen molar-refractivity contribution in [2.24, 2.45) is 0 Å². The predicted molar refractivity (Wildman–Crippen MR) is 79.4 cm³/mol. The zero-order chi connectivity index (χ0) is 15.3. The van der Waals surface area contributed by atoms with E-state index in [2.05, 4.69) is 15.3 Å². The van der Waals surface area contributed by atoms with E-state index < -0.39 is 0 Å². The van der Waals surface area contributed by atoms with Gasteiger partial charge in [0.25, 0.3) is 0 Å². The van der Waals surface area contributed by atoms with Gasteiger partial charge in [-0.2, -0.15) is 5.10 Å². The first-order chi connectivity index (χ1) is 9.24. The molecule has 0 bridgehead atoms. The minimum Gasteiger partial charge on any atom is -0.493 e. The second-order valence-corrected chi connectivity index (χ2v) is 6.11. The maximum Gasteiger partial charge on any atom is 0.198 e. The Morgan fingerprint density at radius 2 is 2.10 bits per heavy atom. The molecule has 1 N–H and O–H groups in total. The highest BCUT2D eigenvalue weighted by Gasteiger charge is 2.21. The van der Waals surface area contributed by atoms with Gasteiger partial charge in [-0.25, -0.2) is 0 Å². The largest absolute Gasteiger partial charge is 0.493 e. The molecule has 0 unspecified atom stereocenters. The number of ether oxygens (including phenoxy) is 1. The third kappa shape index (κ3) is 4.94. The lowest BCUT2D eigenvalue weighted by molar-refractivity contribution is 0.0967. The lowest BCUT2D eigenvalue weighted by Gasteiger charge is -2.20. The van der Waals surface area contributed by atoms with Gasteiger partial charge in [-0.15, -0.1) is 0 Å². The highest BCUT2D eigenvalue weighted by molar-refractivity contribution is 5.98. The standard InChI is InChI=1S/C14H26N4O2/c1-14(2,3)15-9-11(19)13-12(20-6)10-16-18(13)8-7-17(4)5/h10,15H,7-9H2,1-6H3. The summed E-state index contributed by atoms with van der Waals surface area (Å²) < 4.78 is 6.95. The minimum absolute atomic E-state index is 0.00645. The number of nitrogens with one attached hydrogen (secondary N) is 1. The molecule has 0 radical (unpaired) electrons. The Morgan fingerprint density at radius 3 is 2.60 bits per heavy atom. The molecule has 0 aliphatic heterocycles. The molecule has 20 heavy (non-hydrogen) atoms. The van der Waals surface area contributed by atoms with Crippen LogP contribution in [0.25, 0.3) is 0 Å². The molecule has 114 valence electrons. The summed E-state index contributed by atoms with van der Waals surface area (Å²) in [6.45, 7) is 7.83. The molecular formula is C14H26N4O2.